The van der Waals surface area contributed by atoms with Crippen LogP contribution in [0.4, 0.5) is 5.69 Å². The molecule has 0 radical (unpaired) electrons. The highest BCUT2D eigenvalue weighted by Crippen LogP contribution is 2.26. The Morgan fingerprint density at radius 1 is 1.53 bits per heavy atom. The molecule has 0 spiro atoms. The summed E-state index contributed by atoms with van der Waals surface area (Å²) in [4.78, 5) is 5.08. The Labute approximate surface area is 94.4 Å². The average Bonchev–Trinajstić information content (AvgIpc) is 2.29. The Morgan fingerprint density at radius 2 is 2.47 bits per heavy atom. The number of ether oxygens (including phenoxy) is 1. The molecule has 0 bridgehead atoms. The lowest BCUT2D eigenvalue weighted by molar-refractivity contribution is 0.0315. The second kappa shape index (κ2) is 5.37. The SMILES string of the molecule is Nc1cnccc1SCC1CCCCO1. The van der Waals surface area contributed by atoms with Crippen molar-refractivity contribution in [3.8, 4) is 0 Å². The lowest BCUT2D eigenvalue weighted by Crippen LogP contribution is -2.21. The topological polar surface area (TPSA) is 48.1 Å². The molecule has 1 aliphatic rings. The third kappa shape index (κ3) is 3.11. The Bertz CT molecular complexity index is 313. The van der Waals surface area contributed by atoms with Crippen LogP contribution in [-0.4, -0.2) is 23.4 Å². The normalized spacial score (nSPS) is 21.5. The highest BCUT2D eigenvalue weighted by molar-refractivity contribution is 7.99. The second-order valence-corrected chi connectivity index (χ2v) is 4.77. The smallest absolute Gasteiger partial charge is 0.0669 e. The molecule has 1 fully saturated rings. The summed E-state index contributed by atoms with van der Waals surface area (Å²) in [6.45, 7) is 0.914. The quantitative estimate of drug-likeness (QED) is 0.800. The Kier molecular flexibility index (Phi) is 3.86. The fourth-order valence-electron chi connectivity index (χ4n) is 1.65. The first kappa shape index (κ1) is 10.8. The molecule has 1 unspecified atom stereocenters. The van der Waals surface area contributed by atoms with Crippen LogP contribution in [0.1, 0.15) is 19.3 Å². The van der Waals surface area contributed by atoms with Crippen LogP contribution in [0.5, 0.6) is 0 Å². The molecular weight excluding hydrogens is 208 g/mol. The van der Waals surface area contributed by atoms with Crippen LogP contribution in [-0.2, 0) is 4.74 Å². The van der Waals surface area contributed by atoms with Crippen LogP contribution in [0.2, 0.25) is 0 Å². The number of pyridine rings is 1. The minimum Gasteiger partial charge on any atom is -0.397 e. The van der Waals surface area contributed by atoms with Gasteiger partial charge in [-0.3, -0.25) is 4.98 Å². The number of rotatable bonds is 3. The van der Waals surface area contributed by atoms with E-state index < -0.39 is 0 Å². The number of nitrogens with two attached hydrogens (primary N) is 1. The van der Waals surface area contributed by atoms with Gasteiger partial charge in [-0.2, -0.15) is 0 Å². The third-order valence-corrected chi connectivity index (χ3v) is 3.73. The van der Waals surface area contributed by atoms with Crippen LogP contribution in [0.3, 0.4) is 0 Å². The summed E-state index contributed by atoms with van der Waals surface area (Å²) in [6, 6.07) is 1.96. The minimum absolute atomic E-state index is 0.399. The summed E-state index contributed by atoms with van der Waals surface area (Å²) in [5, 5.41) is 0. The van der Waals surface area contributed by atoms with Crippen LogP contribution < -0.4 is 5.73 Å². The van der Waals surface area contributed by atoms with Crippen molar-refractivity contribution in [2.24, 2.45) is 0 Å². The Hall–Kier alpha value is -0.740. The predicted molar refractivity (Wildman–Crippen MR) is 63.0 cm³/mol. The van der Waals surface area contributed by atoms with E-state index in [1.165, 1.54) is 19.3 Å². The summed E-state index contributed by atoms with van der Waals surface area (Å²) in [5.41, 5.74) is 6.57. The zero-order valence-corrected chi connectivity index (χ0v) is 9.50. The van der Waals surface area contributed by atoms with Gasteiger partial charge in [-0.1, -0.05) is 0 Å². The number of nitrogens with zero attached hydrogens (tertiary/aromatic N) is 1. The maximum atomic E-state index is 5.81. The standard InChI is InChI=1S/C11H16N2OS/c12-10-7-13-5-4-11(10)15-8-9-3-1-2-6-14-9/h4-5,7,9H,1-3,6,8,12H2. The van der Waals surface area contributed by atoms with Gasteiger partial charge in [-0.05, 0) is 25.3 Å². The maximum Gasteiger partial charge on any atom is 0.0669 e. The number of hydrogen-bond acceptors (Lipinski definition) is 4. The first-order valence-corrected chi connectivity index (χ1v) is 6.29. The third-order valence-electron chi connectivity index (χ3n) is 2.51. The fourth-order valence-corrected chi connectivity index (χ4v) is 2.65. The highest BCUT2D eigenvalue weighted by atomic mass is 32.2. The lowest BCUT2D eigenvalue weighted by atomic mass is 10.1. The van der Waals surface area contributed by atoms with Gasteiger partial charge in [0.1, 0.15) is 0 Å². The maximum absolute atomic E-state index is 5.81. The van der Waals surface area contributed by atoms with Crippen LogP contribution >= 0.6 is 11.8 Å². The molecule has 1 aromatic heterocycles. The van der Waals surface area contributed by atoms with Crippen molar-refractivity contribution in [3.05, 3.63) is 18.5 Å². The van der Waals surface area contributed by atoms with Crippen molar-refractivity contribution in [2.45, 2.75) is 30.3 Å². The first-order chi connectivity index (χ1) is 7.36. The molecule has 1 aliphatic heterocycles. The molecule has 1 saturated heterocycles. The Balaban J connectivity index is 1.84. The van der Waals surface area contributed by atoms with Gasteiger partial charge >= 0.3 is 0 Å². The predicted octanol–water partition coefficient (Wildman–Crippen LogP) is 2.33. The number of thioether (sulfide) groups is 1. The van der Waals surface area contributed by atoms with Crippen LogP contribution in [0.15, 0.2) is 23.4 Å². The van der Waals surface area contributed by atoms with E-state index in [9.17, 15) is 0 Å². The van der Waals surface area contributed by atoms with E-state index in [4.69, 9.17) is 10.5 Å². The van der Waals surface area contributed by atoms with E-state index in [1.807, 2.05) is 6.07 Å². The van der Waals surface area contributed by atoms with Gasteiger partial charge in [-0.25, -0.2) is 0 Å². The number of hydrogen-bond donors (Lipinski definition) is 1. The number of anilines is 1. The van der Waals surface area contributed by atoms with Gasteiger partial charge < -0.3 is 10.5 Å². The first-order valence-electron chi connectivity index (χ1n) is 5.30. The summed E-state index contributed by atoms with van der Waals surface area (Å²) in [7, 11) is 0. The van der Waals surface area contributed by atoms with Gasteiger partial charge in [0.15, 0.2) is 0 Å². The summed E-state index contributed by atoms with van der Waals surface area (Å²) < 4.78 is 5.66. The monoisotopic (exact) mass is 224 g/mol. The van der Waals surface area contributed by atoms with Crippen molar-refractivity contribution < 1.29 is 4.74 Å². The van der Waals surface area contributed by atoms with Crippen molar-refractivity contribution in [1.29, 1.82) is 0 Å². The molecule has 2 heterocycles. The van der Waals surface area contributed by atoms with Gasteiger partial charge in [-0.15, -0.1) is 11.8 Å². The van der Waals surface area contributed by atoms with Crippen molar-refractivity contribution in [3.63, 3.8) is 0 Å². The van der Waals surface area contributed by atoms with Crippen LogP contribution in [0, 0.1) is 0 Å². The van der Waals surface area contributed by atoms with Crippen molar-refractivity contribution in [2.75, 3.05) is 18.1 Å². The largest absolute Gasteiger partial charge is 0.397 e. The van der Waals surface area contributed by atoms with Crippen molar-refractivity contribution in [1.82, 2.24) is 4.98 Å². The molecule has 0 aromatic carbocycles. The molecule has 2 N–H and O–H groups in total. The van der Waals surface area contributed by atoms with Gasteiger partial charge in [0.05, 0.1) is 18.0 Å². The summed E-state index contributed by atoms with van der Waals surface area (Å²) in [5.74, 6) is 0.994. The second-order valence-electron chi connectivity index (χ2n) is 3.71. The molecule has 0 saturated carbocycles. The molecule has 3 nitrogen and oxygen atoms in total. The molecular formula is C11H16N2OS. The lowest BCUT2D eigenvalue weighted by Gasteiger charge is -2.22. The number of aromatic nitrogens is 1. The van der Waals surface area contributed by atoms with Gasteiger partial charge in [0.2, 0.25) is 0 Å². The fraction of sp³-hybridized carbons (Fsp3) is 0.545. The highest BCUT2D eigenvalue weighted by Gasteiger charge is 2.14. The van der Waals surface area contributed by atoms with E-state index in [0.29, 0.717) is 6.10 Å². The Morgan fingerprint density at radius 3 is 3.20 bits per heavy atom. The molecule has 2 rings (SSSR count). The summed E-state index contributed by atoms with van der Waals surface area (Å²) >= 11 is 1.76. The molecule has 0 amide bonds. The van der Waals surface area contributed by atoms with Crippen LogP contribution in [0.25, 0.3) is 0 Å². The molecule has 82 valence electrons. The molecule has 4 heteroatoms. The summed E-state index contributed by atoms with van der Waals surface area (Å²) in [6.07, 6.45) is 7.55. The van der Waals surface area contributed by atoms with E-state index in [1.54, 1.807) is 24.2 Å². The number of nitrogen functional groups attached to an aromatic ring is 1. The van der Waals surface area contributed by atoms with E-state index in [0.717, 1.165) is 22.9 Å². The van der Waals surface area contributed by atoms with Crippen molar-refractivity contribution >= 4 is 17.4 Å². The zero-order chi connectivity index (χ0) is 10.5. The minimum atomic E-state index is 0.399. The van der Waals surface area contributed by atoms with E-state index in [2.05, 4.69) is 4.98 Å². The molecule has 0 aliphatic carbocycles. The van der Waals surface area contributed by atoms with E-state index in [-0.39, 0.29) is 0 Å². The van der Waals surface area contributed by atoms with Gasteiger partial charge in [0.25, 0.3) is 0 Å². The zero-order valence-electron chi connectivity index (χ0n) is 8.69. The van der Waals surface area contributed by atoms with E-state index >= 15 is 0 Å². The van der Waals surface area contributed by atoms with Gasteiger partial charge in [0, 0.05) is 23.5 Å². The average molecular weight is 224 g/mol. The molecule has 15 heavy (non-hydrogen) atoms. The molecule has 1 atom stereocenters. The molecule has 1 aromatic rings.